The van der Waals surface area contributed by atoms with Crippen LogP contribution in [0.25, 0.3) is 0 Å². The minimum atomic E-state index is -0.113. The Morgan fingerprint density at radius 3 is 2.71 bits per heavy atom. The molecule has 0 aliphatic rings. The molecule has 3 N–H and O–H groups in total. The van der Waals surface area contributed by atoms with Crippen molar-refractivity contribution in [2.75, 3.05) is 13.2 Å². The Balaban J connectivity index is 0.00000400. The number of carbonyl (C=O) groups is 1. The summed E-state index contributed by atoms with van der Waals surface area (Å²) in [6, 6.07) is 6.01. The van der Waals surface area contributed by atoms with Crippen molar-refractivity contribution in [2.24, 2.45) is 5.73 Å². The molecule has 5 heteroatoms. The lowest BCUT2D eigenvalue weighted by molar-refractivity contribution is -0.123. The van der Waals surface area contributed by atoms with Crippen LogP contribution in [0.1, 0.15) is 37.3 Å². The highest BCUT2D eigenvalue weighted by atomic mass is 35.5. The summed E-state index contributed by atoms with van der Waals surface area (Å²) in [6.07, 6.45) is 3.09. The zero-order chi connectivity index (χ0) is 15.0. The van der Waals surface area contributed by atoms with Crippen LogP contribution in [0, 0.1) is 13.8 Å². The topological polar surface area (TPSA) is 64.3 Å². The van der Waals surface area contributed by atoms with Crippen LogP contribution in [0.5, 0.6) is 5.75 Å². The van der Waals surface area contributed by atoms with E-state index in [1.165, 1.54) is 0 Å². The molecule has 4 nitrogen and oxygen atoms in total. The number of rotatable bonds is 8. The fourth-order valence-electron chi connectivity index (χ4n) is 1.97. The van der Waals surface area contributed by atoms with Crippen molar-refractivity contribution in [3.63, 3.8) is 0 Å². The van der Waals surface area contributed by atoms with E-state index < -0.39 is 0 Å². The summed E-state index contributed by atoms with van der Waals surface area (Å²) in [4.78, 5) is 11.9. The maximum atomic E-state index is 11.9. The molecule has 1 aromatic carbocycles. The van der Waals surface area contributed by atoms with Gasteiger partial charge in [0.05, 0.1) is 0 Å². The van der Waals surface area contributed by atoms with Crippen LogP contribution in [0.15, 0.2) is 18.2 Å². The van der Waals surface area contributed by atoms with Crippen LogP contribution >= 0.6 is 12.4 Å². The van der Waals surface area contributed by atoms with Gasteiger partial charge < -0.3 is 15.8 Å². The number of nitrogens with two attached hydrogens (primary N) is 1. The molecule has 0 fully saturated rings. The van der Waals surface area contributed by atoms with Crippen LogP contribution in [-0.4, -0.2) is 25.1 Å². The van der Waals surface area contributed by atoms with Crippen molar-refractivity contribution >= 4 is 18.3 Å². The third-order valence-corrected chi connectivity index (χ3v) is 3.26. The number of aryl methyl sites for hydroxylation is 2. The lowest BCUT2D eigenvalue weighted by Crippen LogP contribution is -2.42. The minimum Gasteiger partial charge on any atom is -0.483 e. The first-order valence-electron chi connectivity index (χ1n) is 7.26. The van der Waals surface area contributed by atoms with E-state index in [4.69, 9.17) is 10.5 Å². The Hall–Kier alpha value is -1.26. The Bertz CT molecular complexity index is 438. The van der Waals surface area contributed by atoms with E-state index in [-0.39, 0.29) is 31.0 Å². The first kappa shape index (κ1) is 19.7. The minimum absolute atomic E-state index is 0. The molecule has 120 valence electrons. The van der Waals surface area contributed by atoms with Gasteiger partial charge in [-0.3, -0.25) is 4.79 Å². The van der Waals surface area contributed by atoms with E-state index in [1.807, 2.05) is 32.0 Å². The zero-order valence-electron chi connectivity index (χ0n) is 13.1. The summed E-state index contributed by atoms with van der Waals surface area (Å²) in [6.45, 7) is 6.60. The third kappa shape index (κ3) is 7.34. The van der Waals surface area contributed by atoms with Gasteiger partial charge in [0.1, 0.15) is 5.75 Å². The zero-order valence-corrected chi connectivity index (χ0v) is 14.0. The molecule has 1 unspecified atom stereocenters. The van der Waals surface area contributed by atoms with Crippen LogP contribution in [0.4, 0.5) is 0 Å². The van der Waals surface area contributed by atoms with E-state index in [1.54, 1.807) is 0 Å². The predicted octanol–water partition coefficient (Wildman–Crippen LogP) is 2.74. The molecular weight excluding hydrogens is 288 g/mol. The number of benzene rings is 1. The van der Waals surface area contributed by atoms with Crippen LogP contribution in [-0.2, 0) is 4.79 Å². The maximum Gasteiger partial charge on any atom is 0.258 e. The molecule has 0 spiro atoms. The number of nitrogens with one attached hydrogen (secondary N) is 1. The first-order chi connectivity index (χ1) is 9.56. The largest absolute Gasteiger partial charge is 0.483 e. The van der Waals surface area contributed by atoms with Crippen LogP contribution < -0.4 is 15.8 Å². The Kier molecular flexibility index (Phi) is 9.84. The van der Waals surface area contributed by atoms with Crippen molar-refractivity contribution in [1.29, 1.82) is 0 Å². The van der Waals surface area contributed by atoms with Crippen LogP contribution in [0.2, 0.25) is 0 Å². The Morgan fingerprint density at radius 1 is 1.38 bits per heavy atom. The molecule has 0 aromatic heterocycles. The molecule has 0 radical (unpaired) electrons. The van der Waals surface area contributed by atoms with Gasteiger partial charge in [-0.05, 0) is 37.5 Å². The summed E-state index contributed by atoms with van der Waals surface area (Å²) >= 11 is 0. The number of amides is 1. The second-order valence-electron chi connectivity index (χ2n) is 5.20. The van der Waals surface area contributed by atoms with Crippen molar-refractivity contribution in [3.05, 3.63) is 29.3 Å². The highest BCUT2D eigenvalue weighted by molar-refractivity contribution is 5.85. The van der Waals surface area contributed by atoms with E-state index >= 15 is 0 Å². The van der Waals surface area contributed by atoms with Gasteiger partial charge >= 0.3 is 0 Å². The van der Waals surface area contributed by atoms with Crippen molar-refractivity contribution in [2.45, 2.75) is 46.1 Å². The van der Waals surface area contributed by atoms with Crippen molar-refractivity contribution in [3.8, 4) is 5.75 Å². The summed E-state index contributed by atoms with van der Waals surface area (Å²) in [5.74, 6) is 0.649. The molecule has 1 amide bonds. The standard InChI is InChI=1S/C16H26N2O2.ClH/c1-4-5-6-14(10-17)18-16(19)11-20-15-9-12(2)7-8-13(15)3;/h7-9,14H,4-6,10-11,17H2,1-3H3,(H,18,19);1H. The maximum absolute atomic E-state index is 11.9. The Morgan fingerprint density at radius 2 is 2.10 bits per heavy atom. The quantitative estimate of drug-likeness (QED) is 0.775. The van der Waals surface area contributed by atoms with E-state index in [2.05, 4.69) is 12.2 Å². The van der Waals surface area contributed by atoms with Gasteiger partial charge in [0.2, 0.25) is 0 Å². The summed E-state index contributed by atoms with van der Waals surface area (Å²) in [5.41, 5.74) is 7.81. The number of hydrogen-bond donors (Lipinski definition) is 2. The fourth-order valence-corrected chi connectivity index (χ4v) is 1.97. The fraction of sp³-hybridized carbons (Fsp3) is 0.562. The number of unbranched alkanes of at least 4 members (excludes halogenated alkanes) is 1. The van der Waals surface area contributed by atoms with Gasteiger partial charge in [-0.15, -0.1) is 12.4 Å². The molecule has 0 bridgehead atoms. The molecule has 0 saturated heterocycles. The Labute approximate surface area is 133 Å². The van der Waals surface area contributed by atoms with Gasteiger partial charge in [-0.25, -0.2) is 0 Å². The lowest BCUT2D eigenvalue weighted by atomic mass is 10.1. The monoisotopic (exact) mass is 314 g/mol. The number of hydrogen-bond acceptors (Lipinski definition) is 3. The second kappa shape index (κ2) is 10.5. The smallest absolute Gasteiger partial charge is 0.258 e. The second-order valence-corrected chi connectivity index (χ2v) is 5.20. The van der Waals surface area contributed by atoms with Crippen LogP contribution in [0.3, 0.4) is 0 Å². The molecule has 1 aromatic rings. The van der Waals surface area contributed by atoms with E-state index in [9.17, 15) is 4.79 Å². The van der Waals surface area contributed by atoms with Gasteiger partial charge in [0.15, 0.2) is 6.61 Å². The molecule has 1 rings (SSSR count). The van der Waals surface area contributed by atoms with Gasteiger partial charge in [-0.1, -0.05) is 31.9 Å². The molecule has 21 heavy (non-hydrogen) atoms. The lowest BCUT2D eigenvalue weighted by Gasteiger charge is -2.17. The molecule has 0 aliphatic carbocycles. The molecular formula is C16H27ClN2O2. The van der Waals surface area contributed by atoms with Crippen molar-refractivity contribution in [1.82, 2.24) is 5.32 Å². The molecule has 1 atom stereocenters. The predicted molar refractivity (Wildman–Crippen MR) is 89.2 cm³/mol. The van der Waals surface area contributed by atoms with Gasteiger partial charge in [0.25, 0.3) is 5.91 Å². The van der Waals surface area contributed by atoms with Gasteiger partial charge in [-0.2, -0.15) is 0 Å². The number of ether oxygens (including phenoxy) is 1. The van der Waals surface area contributed by atoms with E-state index in [0.29, 0.717) is 6.54 Å². The summed E-state index contributed by atoms with van der Waals surface area (Å²) < 4.78 is 5.58. The first-order valence-corrected chi connectivity index (χ1v) is 7.26. The number of halogens is 1. The third-order valence-electron chi connectivity index (χ3n) is 3.26. The van der Waals surface area contributed by atoms with Crippen molar-refractivity contribution < 1.29 is 9.53 Å². The average Bonchev–Trinajstić information content (AvgIpc) is 2.44. The summed E-state index contributed by atoms with van der Waals surface area (Å²) in [5, 5.41) is 2.92. The highest BCUT2D eigenvalue weighted by Gasteiger charge is 2.11. The van der Waals surface area contributed by atoms with Gasteiger partial charge in [0, 0.05) is 12.6 Å². The number of carbonyl (C=O) groups excluding carboxylic acids is 1. The van der Waals surface area contributed by atoms with E-state index in [0.717, 1.165) is 36.1 Å². The molecule has 0 saturated carbocycles. The highest BCUT2D eigenvalue weighted by Crippen LogP contribution is 2.18. The SMILES string of the molecule is CCCCC(CN)NC(=O)COc1cc(C)ccc1C.Cl. The summed E-state index contributed by atoms with van der Waals surface area (Å²) in [7, 11) is 0. The average molecular weight is 315 g/mol. The normalized spacial score (nSPS) is 11.4. The molecule has 0 heterocycles. The molecule has 0 aliphatic heterocycles.